The van der Waals surface area contributed by atoms with Crippen LogP contribution in [0.5, 0.6) is 5.75 Å². The van der Waals surface area contributed by atoms with Crippen LogP contribution in [-0.2, 0) is 0 Å². The molecule has 3 nitrogen and oxygen atoms in total. The molecule has 1 aromatic carbocycles. The van der Waals surface area contributed by atoms with Gasteiger partial charge >= 0.3 is 0 Å². The first-order chi connectivity index (χ1) is 8.83. The van der Waals surface area contributed by atoms with Gasteiger partial charge in [0, 0.05) is 36.4 Å². The molecule has 0 spiro atoms. The van der Waals surface area contributed by atoms with Crippen LogP contribution in [0, 0.1) is 0 Å². The van der Waals surface area contributed by atoms with Crippen LogP contribution in [0.15, 0.2) is 24.3 Å². The van der Waals surface area contributed by atoms with Crippen molar-refractivity contribution < 1.29 is 9.47 Å². The Labute approximate surface area is 108 Å². The van der Waals surface area contributed by atoms with Crippen molar-refractivity contribution in [2.45, 2.75) is 19.8 Å². The Morgan fingerprint density at radius 1 is 1.11 bits per heavy atom. The van der Waals surface area contributed by atoms with E-state index in [9.17, 15) is 4.53 Å². The Balaban J connectivity index is 1.84. The highest BCUT2D eigenvalue weighted by molar-refractivity contribution is 5.49. The van der Waals surface area contributed by atoms with Gasteiger partial charge in [0.25, 0.3) is 0 Å². The van der Waals surface area contributed by atoms with Gasteiger partial charge in [-0.2, -0.15) is 0 Å². The molecule has 0 bridgehead atoms. The van der Waals surface area contributed by atoms with Crippen LogP contribution < -0.4 is 9.84 Å². The molecule has 1 aliphatic heterocycles. The minimum Gasteiger partial charge on any atom is -0.369 e. The molecule has 0 aromatic heterocycles. The molecular weight excluding hydrogens is 231 g/mol. The molecule has 0 aliphatic carbocycles. The molecule has 4 heteroatoms. The smallest absolute Gasteiger partial charge is 0.172 e. The van der Waals surface area contributed by atoms with E-state index in [4.69, 9.17) is 0 Å². The second kappa shape index (κ2) is 6.59. The maximum atomic E-state index is 11.9. The van der Waals surface area contributed by atoms with Gasteiger partial charge in [-0.15, -0.1) is 0 Å². The van der Waals surface area contributed by atoms with Gasteiger partial charge in [-0.25, -0.2) is 0 Å². The second-order valence-corrected chi connectivity index (χ2v) is 4.75. The summed E-state index contributed by atoms with van der Waals surface area (Å²) in [6.45, 7) is 7.74. The fraction of sp³-hybridized carbons (Fsp3) is 0.571. The Morgan fingerprint density at radius 2 is 1.78 bits per heavy atom. The number of unbranched alkanes of at least 4 members (excludes halogenated alkanes) is 1. The standard InChI is InChI=1S/C14H21FN2O/c1-2-3-8-16-9-11-17(12-10-16)13-4-6-14(18-15)7-5-13/h4-7H,2-3,8-12H2,1H3. The quantitative estimate of drug-likeness (QED) is 0.801. The summed E-state index contributed by atoms with van der Waals surface area (Å²) < 4.78 is 11.9. The summed E-state index contributed by atoms with van der Waals surface area (Å²) in [5, 5.41) is 0. The fourth-order valence-corrected chi connectivity index (χ4v) is 2.32. The maximum Gasteiger partial charge on any atom is 0.172 e. The number of benzene rings is 1. The first-order valence-electron chi connectivity index (χ1n) is 6.69. The summed E-state index contributed by atoms with van der Waals surface area (Å²) in [5.41, 5.74) is 1.14. The van der Waals surface area contributed by atoms with Gasteiger partial charge in [-0.3, -0.25) is 9.84 Å². The van der Waals surface area contributed by atoms with Crippen molar-refractivity contribution in [2.24, 2.45) is 0 Å². The summed E-state index contributed by atoms with van der Waals surface area (Å²) in [7, 11) is 0. The zero-order valence-corrected chi connectivity index (χ0v) is 10.9. The minimum absolute atomic E-state index is 0.264. The van der Waals surface area contributed by atoms with Gasteiger partial charge in [0.1, 0.15) is 0 Å². The lowest BCUT2D eigenvalue weighted by atomic mass is 10.2. The lowest BCUT2D eigenvalue weighted by Gasteiger charge is -2.36. The van der Waals surface area contributed by atoms with E-state index in [-0.39, 0.29) is 5.75 Å². The van der Waals surface area contributed by atoms with Crippen LogP contribution in [0.25, 0.3) is 0 Å². The van der Waals surface area contributed by atoms with Crippen LogP contribution >= 0.6 is 0 Å². The zero-order valence-electron chi connectivity index (χ0n) is 10.9. The van der Waals surface area contributed by atoms with Gasteiger partial charge in [0.2, 0.25) is 0 Å². The van der Waals surface area contributed by atoms with E-state index in [0.717, 1.165) is 31.9 Å². The van der Waals surface area contributed by atoms with Crippen molar-refractivity contribution in [2.75, 3.05) is 37.6 Å². The number of anilines is 1. The molecule has 100 valence electrons. The topological polar surface area (TPSA) is 15.7 Å². The van der Waals surface area contributed by atoms with E-state index in [2.05, 4.69) is 21.7 Å². The van der Waals surface area contributed by atoms with Crippen LogP contribution in [-0.4, -0.2) is 37.6 Å². The van der Waals surface area contributed by atoms with E-state index in [1.807, 2.05) is 12.1 Å². The molecular formula is C14H21FN2O. The van der Waals surface area contributed by atoms with Gasteiger partial charge in [0.05, 0.1) is 0 Å². The van der Waals surface area contributed by atoms with Crippen LogP contribution in [0.2, 0.25) is 0 Å². The predicted molar refractivity (Wildman–Crippen MR) is 71.7 cm³/mol. The largest absolute Gasteiger partial charge is 0.369 e. The number of halogens is 1. The summed E-state index contributed by atoms with van der Waals surface area (Å²) in [5.74, 6) is 0.264. The van der Waals surface area contributed by atoms with Crippen molar-refractivity contribution in [1.29, 1.82) is 0 Å². The lowest BCUT2D eigenvalue weighted by molar-refractivity contribution is -0.00619. The normalized spacial score (nSPS) is 16.9. The van der Waals surface area contributed by atoms with Crippen molar-refractivity contribution >= 4 is 5.69 Å². The number of rotatable bonds is 5. The SMILES string of the molecule is CCCCN1CCN(c2ccc(OF)cc2)CC1. The van der Waals surface area contributed by atoms with Crippen molar-refractivity contribution in [3.63, 3.8) is 0 Å². The molecule has 1 saturated heterocycles. The molecule has 0 atom stereocenters. The molecule has 0 amide bonds. The highest BCUT2D eigenvalue weighted by Crippen LogP contribution is 2.20. The minimum atomic E-state index is 0.264. The number of nitrogens with zero attached hydrogens (tertiary/aromatic N) is 2. The van der Waals surface area contributed by atoms with Crippen LogP contribution in [0.4, 0.5) is 10.2 Å². The van der Waals surface area contributed by atoms with E-state index in [0.29, 0.717) is 0 Å². The average molecular weight is 252 g/mol. The first kappa shape index (κ1) is 13.1. The predicted octanol–water partition coefficient (Wildman–Crippen LogP) is 2.87. The third-order valence-corrected chi connectivity index (χ3v) is 3.49. The summed E-state index contributed by atoms with van der Waals surface area (Å²) in [4.78, 5) is 8.54. The summed E-state index contributed by atoms with van der Waals surface area (Å²) in [6, 6.07) is 7.16. The van der Waals surface area contributed by atoms with Crippen molar-refractivity contribution in [3.8, 4) is 5.75 Å². The monoisotopic (exact) mass is 252 g/mol. The Bertz CT molecular complexity index is 347. The first-order valence-corrected chi connectivity index (χ1v) is 6.69. The lowest BCUT2D eigenvalue weighted by Crippen LogP contribution is -2.46. The Morgan fingerprint density at radius 3 is 2.33 bits per heavy atom. The van der Waals surface area contributed by atoms with Crippen LogP contribution in [0.1, 0.15) is 19.8 Å². The highest BCUT2D eigenvalue weighted by atomic mass is 19.3. The van der Waals surface area contributed by atoms with Gasteiger partial charge < -0.3 is 4.90 Å². The third kappa shape index (κ3) is 3.35. The van der Waals surface area contributed by atoms with Crippen molar-refractivity contribution in [3.05, 3.63) is 24.3 Å². The van der Waals surface area contributed by atoms with E-state index >= 15 is 0 Å². The van der Waals surface area contributed by atoms with Gasteiger partial charge in [-0.1, -0.05) is 13.3 Å². The molecule has 1 aliphatic rings. The molecule has 0 saturated carbocycles. The van der Waals surface area contributed by atoms with E-state index in [1.165, 1.54) is 19.4 Å². The van der Waals surface area contributed by atoms with E-state index in [1.54, 1.807) is 12.1 Å². The average Bonchev–Trinajstić information content (AvgIpc) is 2.46. The molecule has 18 heavy (non-hydrogen) atoms. The van der Waals surface area contributed by atoms with Gasteiger partial charge in [0.15, 0.2) is 5.75 Å². The Kier molecular flexibility index (Phi) is 4.81. The van der Waals surface area contributed by atoms with Crippen molar-refractivity contribution in [1.82, 2.24) is 4.90 Å². The highest BCUT2D eigenvalue weighted by Gasteiger charge is 2.16. The maximum absolute atomic E-state index is 11.9. The number of piperazine rings is 1. The molecule has 0 N–H and O–H groups in total. The molecule has 2 rings (SSSR count). The van der Waals surface area contributed by atoms with Crippen LogP contribution in [0.3, 0.4) is 0 Å². The van der Waals surface area contributed by atoms with E-state index < -0.39 is 0 Å². The molecule has 0 radical (unpaired) electrons. The third-order valence-electron chi connectivity index (χ3n) is 3.49. The molecule has 0 unspecified atom stereocenters. The number of hydrogen-bond acceptors (Lipinski definition) is 3. The van der Waals surface area contributed by atoms with Gasteiger partial charge in [-0.05, 0) is 37.2 Å². The zero-order chi connectivity index (χ0) is 12.8. The number of hydrogen-bond donors (Lipinski definition) is 0. The molecule has 1 heterocycles. The second-order valence-electron chi connectivity index (χ2n) is 4.75. The summed E-state index contributed by atoms with van der Waals surface area (Å²) in [6.07, 6.45) is 2.54. The molecule has 1 aromatic rings. The fourth-order valence-electron chi connectivity index (χ4n) is 2.32. The molecule has 1 fully saturated rings. The summed E-state index contributed by atoms with van der Waals surface area (Å²) >= 11 is 0. The Hall–Kier alpha value is -1.29.